The molecule has 5 nitrogen and oxygen atoms in total. The molecule has 0 radical (unpaired) electrons. The van der Waals surface area contributed by atoms with E-state index in [0.29, 0.717) is 6.61 Å². The highest BCUT2D eigenvalue weighted by atomic mass is 16.5. The number of aromatic hydroxyl groups is 1. The third-order valence-corrected chi connectivity index (χ3v) is 2.10. The molecule has 0 bridgehead atoms. The van der Waals surface area contributed by atoms with Crippen LogP contribution in [0.5, 0.6) is 5.75 Å². The van der Waals surface area contributed by atoms with Gasteiger partial charge in [0.2, 0.25) is 0 Å². The summed E-state index contributed by atoms with van der Waals surface area (Å²) in [7, 11) is 0. The van der Waals surface area contributed by atoms with Crippen molar-refractivity contribution < 1.29 is 14.6 Å². The Labute approximate surface area is 93.1 Å². The average Bonchev–Trinajstić information content (AvgIpc) is 2.24. The van der Waals surface area contributed by atoms with Gasteiger partial charge < -0.3 is 14.8 Å². The number of aromatic nitrogens is 1. The van der Waals surface area contributed by atoms with Crippen molar-refractivity contribution in [3.05, 3.63) is 28.2 Å². The quantitative estimate of drug-likeness (QED) is 0.586. The fourth-order valence-electron chi connectivity index (χ4n) is 1.22. The minimum Gasteiger partial charge on any atom is -0.507 e. The van der Waals surface area contributed by atoms with E-state index < -0.39 is 11.5 Å². The van der Waals surface area contributed by atoms with Gasteiger partial charge in [0.05, 0.1) is 6.61 Å². The lowest BCUT2D eigenvalue weighted by Gasteiger charge is -2.05. The molecule has 1 aromatic rings. The van der Waals surface area contributed by atoms with Crippen LogP contribution in [0, 0.1) is 0 Å². The first-order valence-corrected chi connectivity index (χ1v) is 5.24. The summed E-state index contributed by atoms with van der Waals surface area (Å²) >= 11 is 0. The zero-order chi connectivity index (χ0) is 12.0. The monoisotopic (exact) mass is 225 g/mol. The maximum atomic E-state index is 11.4. The number of carbonyl (C=O) groups is 1. The summed E-state index contributed by atoms with van der Waals surface area (Å²) in [5.74, 6) is -0.978. The van der Waals surface area contributed by atoms with Crippen molar-refractivity contribution in [3.63, 3.8) is 0 Å². The van der Waals surface area contributed by atoms with Crippen molar-refractivity contribution in [1.29, 1.82) is 0 Å². The van der Waals surface area contributed by atoms with Gasteiger partial charge in [-0.3, -0.25) is 4.79 Å². The van der Waals surface area contributed by atoms with Gasteiger partial charge in [0.15, 0.2) is 0 Å². The molecule has 0 aliphatic heterocycles. The molecule has 5 heteroatoms. The Kier molecular flexibility index (Phi) is 4.57. The first-order valence-electron chi connectivity index (χ1n) is 5.24. The maximum Gasteiger partial charge on any atom is 0.343 e. The molecule has 0 aliphatic carbocycles. The number of carbonyl (C=O) groups excluding carboxylic acids is 1. The number of hydrogen-bond acceptors (Lipinski definition) is 4. The van der Waals surface area contributed by atoms with Crippen molar-refractivity contribution in [2.24, 2.45) is 0 Å². The predicted octanol–water partition coefficient (Wildman–Crippen LogP) is 1.43. The second kappa shape index (κ2) is 5.95. The van der Waals surface area contributed by atoms with Crippen LogP contribution >= 0.6 is 0 Å². The van der Waals surface area contributed by atoms with E-state index in [2.05, 4.69) is 11.9 Å². The minimum atomic E-state index is -0.621. The van der Waals surface area contributed by atoms with E-state index in [1.807, 2.05) is 0 Å². The summed E-state index contributed by atoms with van der Waals surface area (Å²) in [5.41, 5.74) is -0.476. The topological polar surface area (TPSA) is 79.4 Å². The molecule has 16 heavy (non-hydrogen) atoms. The number of ether oxygens (including phenoxy) is 1. The van der Waals surface area contributed by atoms with E-state index in [0.717, 1.165) is 31.5 Å². The van der Waals surface area contributed by atoms with Gasteiger partial charge in [0, 0.05) is 12.3 Å². The minimum absolute atomic E-state index is 0.0175. The zero-order valence-corrected chi connectivity index (χ0v) is 9.16. The third-order valence-electron chi connectivity index (χ3n) is 2.10. The van der Waals surface area contributed by atoms with Crippen LogP contribution in [0.2, 0.25) is 0 Å². The van der Waals surface area contributed by atoms with Gasteiger partial charge in [-0.2, -0.15) is 0 Å². The van der Waals surface area contributed by atoms with E-state index in [1.54, 1.807) is 0 Å². The molecule has 0 saturated carbocycles. The fourth-order valence-corrected chi connectivity index (χ4v) is 1.22. The maximum absolute atomic E-state index is 11.4. The molecule has 0 spiro atoms. The number of H-pyrrole nitrogens is 1. The number of aromatic amines is 1. The number of rotatable bonds is 5. The normalized spacial score (nSPS) is 10.1. The van der Waals surface area contributed by atoms with E-state index >= 15 is 0 Å². The number of nitrogens with one attached hydrogen (secondary N) is 1. The molecule has 2 N–H and O–H groups in total. The summed E-state index contributed by atoms with van der Waals surface area (Å²) in [5, 5.41) is 9.34. The molecule has 1 rings (SSSR count). The van der Waals surface area contributed by atoms with Gasteiger partial charge in [0.1, 0.15) is 11.3 Å². The molecular weight excluding hydrogens is 210 g/mol. The van der Waals surface area contributed by atoms with Crippen LogP contribution in [0.3, 0.4) is 0 Å². The molecule has 88 valence electrons. The summed E-state index contributed by atoms with van der Waals surface area (Å²) in [6.45, 7) is 2.38. The molecule has 0 amide bonds. The standard InChI is InChI=1S/C11H15NO4/c1-2-3-4-5-16-11(15)8-7-12-10(14)6-9(8)13/h6-7H,2-5H2,1H3,(H2,12,13,14). The molecule has 0 aliphatic rings. The summed E-state index contributed by atoms with van der Waals surface area (Å²) in [6.07, 6.45) is 3.98. The van der Waals surface area contributed by atoms with Crippen LogP contribution < -0.4 is 5.56 Å². The highest BCUT2D eigenvalue weighted by molar-refractivity contribution is 5.91. The lowest BCUT2D eigenvalue weighted by atomic mass is 10.2. The van der Waals surface area contributed by atoms with E-state index in [1.165, 1.54) is 0 Å². The molecule has 0 atom stereocenters. The molecule has 1 aromatic heterocycles. The van der Waals surface area contributed by atoms with Crippen molar-refractivity contribution in [3.8, 4) is 5.75 Å². The first-order chi connectivity index (χ1) is 7.65. The van der Waals surface area contributed by atoms with Gasteiger partial charge >= 0.3 is 5.97 Å². The zero-order valence-electron chi connectivity index (χ0n) is 9.16. The van der Waals surface area contributed by atoms with Gasteiger partial charge in [-0.05, 0) is 6.42 Å². The third kappa shape index (κ3) is 3.42. The van der Waals surface area contributed by atoms with E-state index in [4.69, 9.17) is 4.74 Å². The van der Waals surface area contributed by atoms with E-state index in [-0.39, 0.29) is 11.3 Å². The summed E-state index contributed by atoms with van der Waals surface area (Å²) < 4.78 is 4.93. The van der Waals surface area contributed by atoms with E-state index in [9.17, 15) is 14.7 Å². The van der Waals surface area contributed by atoms with Crippen LogP contribution in [-0.4, -0.2) is 22.7 Å². The Hall–Kier alpha value is -1.78. The predicted molar refractivity (Wildman–Crippen MR) is 58.5 cm³/mol. The molecular formula is C11H15NO4. The van der Waals surface area contributed by atoms with Crippen LogP contribution in [0.4, 0.5) is 0 Å². The number of pyridine rings is 1. The van der Waals surface area contributed by atoms with Crippen molar-refractivity contribution in [2.45, 2.75) is 26.2 Å². The van der Waals surface area contributed by atoms with Crippen LogP contribution in [0.15, 0.2) is 17.1 Å². The number of unbranched alkanes of at least 4 members (excludes halogenated alkanes) is 2. The molecule has 1 heterocycles. The molecule has 0 saturated heterocycles. The van der Waals surface area contributed by atoms with Crippen LogP contribution in [0.25, 0.3) is 0 Å². The summed E-state index contributed by atoms with van der Waals surface area (Å²) in [4.78, 5) is 24.5. The Morgan fingerprint density at radius 2 is 2.25 bits per heavy atom. The second-order valence-electron chi connectivity index (χ2n) is 3.44. The van der Waals surface area contributed by atoms with Gasteiger partial charge in [0.25, 0.3) is 5.56 Å². The largest absolute Gasteiger partial charge is 0.507 e. The van der Waals surface area contributed by atoms with Crippen molar-refractivity contribution >= 4 is 5.97 Å². The van der Waals surface area contributed by atoms with Crippen LogP contribution in [0.1, 0.15) is 36.5 Å². The Morgan fingerprint density at radius 3 is 2.88 bits per heavy atom. The molecule has 0 unspecified atom stereocenters. The Balaban J connectivity index is 2.56. The Bertz CT molecular complexity index is 411. The first kappa shape index (κ1) is 12.3. The average molecular weight is 225 g/mol. The van der Waals surface area contributed by atoms with Crippen LogP contribution in [-0.2, 0) is 4.74 Å². The SMILES string of the molecule is CCCCCOC(=O)c1c[nH]c(=O)cc1O. The molecule has 0 fully saturated rings. The second-order valence-corrected chi connectivity index (χ2v) is 3.44. The van der Waals surface area contributed by atoms with Gasteiger partial charge in [-0.1, -0.05) is 19.8 Å². The smallest absolute Gasteiger partial charge is 0.343 e. The number of hydrogen-bond donors (Lipinski definition) is 2. The highest BCUT2D eigenvalue weighted by Gasteiger charge is 2.12. The Morgan fingerprint density at radius 1 is 1.50 bits per heavy atom. The molecule has 0 aromatic carbocycles. The lowest BCUT2D eigenvalue weighted by molar-refractivity contribution is 0.0494. The van der Waals surface area contributed by atoms with Crippen molar-refractivity contribution in [2.75, 3.05) is 6.61 Å². The van der Waals surface area contributed by atoms with Gasteiger partial charge in [-0.15, -0.1) is 0 Å². The summed E-state index contributed by atoms with van der Waals surface area (Å²) in [6, 6.07) is 0.947. The lowest BCUT2D eigenvalue weighted by Crippen LogP contribution is -2.11. The van der Waals surface area contributed by atoms with Crippen molar-refractivity contribution in [1.82, 2.24) is 4.98 Å². The van der Waals surface area contributed by atoms with Gasteiger partial charge in [-0.25, -0.2) is 4.79 Å². The highest BCUT2D eigenvalue weighted by Crippen LogP contribution is 2.13. The number of esters is 1. The fraction of sp³-hybridized carbons (Fsp3) is 0.455.